The van der Waals surface area contributed by atoms with Crippen LogP contribution in [0.3, 0.4) is 0 Å². The number of hydrogen-bond donors (Lipinski definition) is 0. The first-order valence-electron chi connectivity index (χ1n) is 10.7. The lowest BCUT2D eigenvalue weighted by Gasteiger charge is -2.45. The van der Waals surface area contributed by atoms with Crippen molar-refractivity contribution in [2.75, 3.05) is 13.2 Å². The second-order valence-electron chi connectivity index (χ2n) is 8.31. The third-order valence-corrected chi connectivity index (χ3v) is 6.08. The Kier molecular flexibility index (Phi) is 5.65. The number of pyridine rings is 1. The maximum absolute atomic E-state index is 13.5. The van der Waals surface area contributed by atoms with Crippen LogP contribution in [0.25, 0.3) is 11.5 Å². The Morgan fingerprint density at radius 3 is 2.61 bits per heavy atom. The largest absolute Gasteiger partial charge is 0.573 e. The van der Waals surface area contributed by atoms with Gasteiger partial charge in [0.15, 0.2) is 11.6 Å². The number of benzene rings is 1. The molecule has 2 aliphatic heterocycles. The highest BCUT2D eigenvalue weighted by Crippen LogP contribution is 2.38. The Hall–Kier alpha value is -3.68. The van der Waals surface area contributed by atoms with E-state index in [-0.39, 0.29) is 48.2 Å². The maximum Gasteiger partial charge on any atom is 0.573 e. The maximum atomic E-state index is 13.5. The lowest BCUT2D eigenvalue weighted by Crippen LogP contribution is -2.56. The number of amides is 1. The Balaban J connectivity index is 1.50. The summed E-state index contributed by atoms with van der Waals surface area (Å²) < 4.78 is 89.3. The minimum absolute atomic E-state index is 0.0169. The summed E-state index contributed by atoms with van der Waals surface area (Å²) >= 11 is 0. The molecule has 190 valence electrons. The summed E-state index contributed by atoms with van der Waals surface area (Å²) in [6.45, 7) is 1.46. The molecule has 1 aromatic carbocycles. The van der Waals surface area contributed by atoms with Crippen LogP contribution in [0.2, 0.25) is 0 Å². The van der Waals surface area contributed by atoms with Crippen molar-refractivity contribution in [2.45, 2.75) is 38.1 Å². The normalized spacial score (nSPS) is 19.7. The van der Waals surface area contributed by atoms with E-state index in [9.17, 15) is 31.1 Å². The summed E-state index contributed by atoms with van der Waals surface area (Å²) in [5, 5.41) is 8.19. The molecule has 0 aliphatic carbocycles. The molecule has 0 spiro atoms. The predicted molar refractivity (Wildman–Crippen MR) is 110 cm³/mol. The van der Waals surface area contributed by atoms with Gasteiger partial charge in [0.05, 0.1) is 24.8 Å². The number of alkyl halides is 6. The van der Waals surface area contributed by atoms with Gasteiger partial charge in [0.1, 0.15) is 17.5 Å². The van der Waals surface area contributed by atoms with Gasteiger partial charge < -0.3 is 18.9 Å². The van der Waals surface area contributed by atoms with Crippen molar-refractivity contribution >= 4 is 5.91 Å². The van der Waals surface area contributed by atoms with Crippen molar-refractivity contribution in [3.63, 3.8) is 0 Å². The van der Waals surface area contributed by atoms with Gasteiger partial charge in [-0.25, -0.2) is 0 Å². The highest BCUT2D eigenvalue weighted by Gasteiger charge is 2.45. The summed E-state index contributed by atoms with van der Waals surface area (Å²) in [5.41, 5.74) is -1.10. The Bertz CT molecular complexity index is 1320. The zero-order valence-corrected chi connectivity index (χ0v) is 18.5. The van der Waals surface area contributed by atoms with Crippen molar-refractivity contribution in [3.05, 3.63) is 59.0 Å². The highest BCUT2D eigenvalue weighted by atomic mass is 19.4. The predicted octanol–water partition coefficient (Wildman–Crippen LogP) is 4.16. The van der Waals surface area contributed by atoms with Crippen LogP contribution in [0.4, 0.5) is 26.3 Å². The van der Waals surface area contributed by atoms with E-state index < -0.39 is 41.8 Å². The fourth-order valence-corrected chi connectivity index (χ4v) is 4.56. The van der Waals surface area contributed by atoms with Crippen LogP contribution in [-0.2, 0) is 17.5 Å². The third kappa shape index (κ3) is 4.25. The quantitative estimate of drug-likeness (QED) is 0.490. The molecule has 2 atom stereocenters. The molecule has 0 N–H and O–H groups in total. The van der Waals surface area contributed by atoms with Crippen LogP contribution in [0.1, 0.15) is 33.4 Å². The van der Waals surface area contributed by atoms with Gasteiger partial charge in [-0.2, -0.15) is 13.2 Å². The fourth-order valence-electron chi connectivity index (χ4n) is 4.56. The second-order valence-corrected chi connectivity index (χ2v) is 8.31. The number of ether oxygens (including phenoxy) is 2. The molecule has 5 rings (SSSR count). The number of fused-ring (bicyclic) bond motifs is 4. The molecule has 0 saturated carbocycles. The van der Waals surface area contributed by atoms with Gasteiger partial charge in [-0.1, -0.05) is 6.07 Å². The monoisotopic (exact) mass is 513 g/mol. The van der Waals surface area contributed by atoms with Crippen molar-refractivity contribution in [1.29, 1.82) is 0 Å². The van der Waals surface area contributed by atoms with Crippen LogP contribution >= 0.6 is 0 Å². The zero-order chi connectivity index (χ0) is 25.8. The smallest absolute Gasteiger partial charge is 0.406 e. The Labute approximate surface area is 199 Å². The minimum atomic E-state index is -4.89. The molecule has 1 fully saturated rings. The summed E-state index contributed by atoms with van der Waals surface area (Å²) in [6.07, 6.45) is -8.37. The van der Waals surface area contributed by atoms with Crippen molar-refractivity contribution in [2.24, 2.45) is 0 Å². The number of halogens is 6. The minimum Gasteiger partial charge on any atom is -0.406 e. The average Bonchev–Trinajstić information content (AvgIpc) is 3.20. The van der Waals surface area contributed by atoms with Gasteiger partial charge in [0, 0.05) is 24.4 Å². The van der Waals surface area contributed by atoms with Gasteiger partial charge in [0.25, 0.3) is 5.91 Å². The van der Waals surface area contributed by atoms with Gasteiger partial charge in [0.2, 0.25) is 0 Å². The fraction of sp³-hybridized carbons (Fsp3) is 0.364. The van der Waals surface area contributed by atoms with E-state index in [1.54, 1.807) is 4.57 Å². The number of carbonyl (C=O) groups excluding carboxylic acids is 1. The molecule has 4 heterocycles. The number of carbonyl (C=O) groups is 1. The molecule has 0 unspecified atom stereocenters. The molecule has 1 saturated heterocycles. The molecule has 36 heavy (non-hydrogen) atoms. The van der Waals surface area contributed by atoms with E-state index in [2.05, 4.69) is 19.9 Å². The SMILES string of the molecule is Cc1c(C(=O)N2[C@H]3COC[C@@H]2c2nnc(-c4cc(OC(F)(F)F)ccn4)n2C3)cccc1C(F)(F)F. The van der Waals surface area contributed by atoms with Crippen molar-refractivity contribution in [1.82, 2.24) is 24.6 Å². The molecule has 0 radical (unpaired) electrons. The molecule has 3 aromatic rings. The number of rotatable bonds is 3. The number of morpholine rings is 1. The van der Waals surface area contributed by atoms with E-state index >= 15 is 0 Å². The molecule has 2 aromatic heterocycles. The first-order chi connectivity index (χ1) is 16.9. The van der Waals surface area contributed by atoms with Crippen LogP contribution < -0.4 is 4.74 Å². The topological polar surface area (TPSA) is 82.4 Å². The Morgan fingerprint density at radius 1 is 1.11 bits per heavy atom. The Morgan fingerprint density at radius 2 is 1.89 bits per heavy atom. The first kappa shape index (κ1) is 24.0. The molecule has 1 amide bonds. The van der Waals surface area contributed by atoms with Crippen LogP contribution in [0, 0.1) is 6.92 Å². The van der Waals surface area contributed by atoms with E-state index in [4.69, 9.17) is 4.74 Å². The number of nitrogens with zero attached hydrogens (tertiary/aromatic N) is 5. The van der Waals surface area contributed by atoms with Crippen LogP contribution in [0.15, 0.2) is 36.5 Å². The summed E-state index contributed by atoms with van der Waals surface area (Å²) in [6, 6.07) is 4.20. The van der Waals surface area contributed by atoms with E-state index in [1.807, 2.05) is 0 Å². The van der Waals surface area contributed by atoms with Gasteiger partial charge in [-0.3, -0.25) is 9.78 Å². The van der Waals surface area contributed by atoms with Crippen LogP contribution in [0.5, 0.6) is 5.75 Å². The highest BCUT2D eigenvalue weighted by molar-refractivity contribution is 5.96. The van der Waals surface area contributed by atoms with E-state index in [0.717, 1.165) is 24.4 Å². The van der Waals surface area contributed by atoms with E-state index in [1.165, 1.54) is 24.0 Å². The molecular formula is C22H17F6N5O3. The molecule has 2 aliphatic rings. The number of hydrogen-bond acceptors (Lipinski definition) is 6. The summed E-state index contributed by atoms with van der Waals surface area (Å²) in [7, 11) is 0. The summed E-state index contributed by atoms with van der Waals surface area (Å²) in [5.74, 6) is -0.646. The second kappa shape index (κ2) is 8.47. The van der Waals surface area contributed by atoms with E-state index in [0.29, 0.717) is 0 Å². The standard InChI is InChI=1S/C22H17F6N5O3/c1-11-14(3-2-4-15(11)21(23,24)25)20(34)33-12-8-32-18(30-31-19(32)17(33)10-35-9-12)16-7-13(5-6-29-16)36-22(26,27)28/h2-7,12,17H,8-10H2,1H3/t12-,17-/m1/s1. The van der Waals surface area contributed by atoms with Gasteiger partial charge in [-0.15, -0.1) is 23.4 Å². The van der Waals surface area contributed by atoms with Crippen molar-refractivity contribution in [3.8, 4) is 17.3 Å². The van der Waals surface area contributed by atoms with Gasteiger partial charge >= 0.3 is 12.5 Å². The first-order valence-corrected chi connectivity index (χ1v) is 10.7. The van der Waals surface area contributed by atoms with Gasteiger partial charge in [-0.05, 0) is 30.7 Å². The molecule has 14 heteroatoms. The molecule has 2 bridgehead atoms. The zero-order valence-electron chi connectivity index (χ0n) is 18.5. The lowest BCUT2D eigenvalue weighted by molar-refractivity contribution is -0.274. The van der Waals surface area contributed by atoms with Crippen molar-refractivity contribution < 1.29 is 40.6 Å². The molecule has 8 nitrogen and oxygen atoms in total. The lowest BCUT2D eigenvalue weighted by atomic mass is 9.97. The van der Waals surface area contributed by atoms with Crippen LogP contribution in [-0.4, -0.2) is 56.2 Å². The number of aromatic nitrogens is 4. The average molecular weight is 513 g/mol. The molecular weight excluding hydrogens is 496 g/mol. The summed E-state index contributed by atoms with van der Waals surface area (Å²) in [4.78, 5) is 19.0. The third-order valence-electron chi connectivity index (χ3n) is 6.08.